The molecule has 2 aliphatic rings. The maximum Gasteiger partial charge on any atom is 0.416 e. The molecule has 0 bridgehead atoms. The van der Waals surface area contributed by atoms with Crippen molar-refractivity contribution >= 4 is 18.3 Å². The highest BCUT2D eigenvalue weighted by Gasteiger charge is 2.36. The summed E-state index contributed by atoms with van der Waals surface area (Å²) < 4.78 is 52.0. The number of hydrogen-bond acceptors (Lipinski definition) is 2. The van der Waals surface area contributed by atoms with Crippen LogP contribution >= 0.6 is 12.4 Å². The Hall–Kier alpha value is -1.34. The SMILES string of the molecule is Cl.O=C(c1cc(C(F)(F)F)ccc1F)N1CCC2NCCC2C1. The molecule has 0 aromatic heterocycles. The molecule has 1 amide bonds. The molecule has 2 aliphatic heterocycles. The van der Waals surface area contributed by atoms with E-state index in [0.717, 1.165) is 19.4 Å². The van der Waals surface area contributed by atoms with Crippen molar-refractivity contribution in [2.24, 2.45) is 5.92 Å². The third kappa shape index (κ3) is 3.61. The van der Waals surface area contributed by atoms with E-state index in [2.05, 4.69) is 5.32 Å². The van der Waals surface area contributed by atoms with Gasteiger partial charge < -0.3 is 10.2 Å². The number of piperidine rings is 1. The molecule has 1 aromatic rings. The standard InChI is InChI=1S/C15H16F4N2O.ClH/c16-12-2-1-10(15(17,18)19)7-11(12)14(22)21-6-4-13-9(8-21)3-5-20-13;/h1-2,7,9,13,20H,3-6,8H2;1H. The zero-order valence-electron chi connectivity index (χ0n) is 12.2. The number of carbonyl (C=O) groups is 1. The molecule has 3 nitrogen and oxygen atoms in total. The molecule has 0 saturated carbocycles. The summed E-state index contributed by atoms with van der Waals surface area (Å²) in [5.74, 6) is -1.27. The van der Waals surface area contributed by atoms with Crippen LogP contribution in [-0.2, 0) is 6.18 Å². The highest BCUT2D eigenvalue weighted by Crippen LogP contribution is 2.31. The molecule has 1 aromatic carbocycles. The van der Waals surface area contributed by atoms with Gasteiger partial charge in [0.15, 0.2) is 0 Å². The van der Waals surface area contributed by atoms with Crippen LogP contribution in [0, 0.1) is 11.7 Å². The molecule has 2 unspecified atom stereocenters. The Morgan fingerprint density at radius 2 is 2.00 bits per heavy atom. The number of nitrogens with zero attached hydrogens (tertiary/aromatic N) is 1. The largest absolute Gasteiger partial charge is 0.416 e. The topological polar surface area (TPSA) is 32.3 Å². The third-order valence-electron chi connectivity index (χ3n) is 4.47. The first kappa shape index (κ1) is 18.0. The summed E-state index contributed by atoms with van der Waals surface area (Å²) in [6.07, 6.45) is -2.92. The lowest BCUT2D eigenvalue weighted by atomic mass is 9.93. The van der Waals surface area contributed by atoms with Gasteiger partial charge in [-0.1, -0.05) is 0 Å². The normalized spacial score (nSPS) is 24.1. The fourth-order valence-corrected chi connectivity index (χ4v) is 3.27. The highest BCUT2D eigenvalue weighted by molar-refractivity contribution is 5.94. The molecular weight excluding hydrogens is 336 g/mol. The second-order valence-corrected chi connectivity index (χ2v) is 5.84. The minimum atomic E-state index is -4.59. The van der Waals surface area contributed by atoms with Crippen LogP contribution in [0.3, 0.4) is 0 Å². The van der Waals surface area contributed by atoms with Crippen molar-refractivity contribution in [1.29, 1.82) is 0 Å². The fraction of sp³-hybridized carbons (Fsp3) is 0.533. The Kier molecular flexibility index (Phi) is 5.20. The first-order valence-corrected chi connectivity index (χ1v) is 7.25. The summed E-state index contributed by atoms with van der Waals surface area (Å²) in [7, 11) is 0. The van der Waals surface area contributed by atoms with E-state index in [-0.39, 0.29) is 12.4 Å². The maximum atomic E-state index is 13.8. The Bertz CT molecular complexity index is 593. The van der Waals surface area contributed by atoms with Gasteiger partial charge in [0.1, 0.15) is 5.82 Å². The van der Waals surface area contributed by atoms with Gasteiger partial charge in [0, 0.05) is 19.1 Å². The number of halogens is 5. The number of rotatable bonds is 1. The predicted molar refractivity (Wildman–Crippen MR) is 79.1 cm³/mol. The average molecular weight is 353 g/mol. The van der Waals surface area contributed by atoms with Gasteiger partial charge >= 0.3 is 6.18 Å². The molecule has 2 saturated heterocycles. The van der Waals surface area contributed by atoms with Crippen LogP contribution in [0.15, 0.2) is 18.2 Å². The zero-order valence-corrected chi connectivity index (χ0v) is 13.0. The predicted octanol–water partition coefficient (Wildman–Crippen LogP) is 3.09. The summed E-state index contributed by atoms with van der Waals surface area (Å²) in [6, 6.07) is 2.32. The van der Waals surface area contributed by atoms with Crippen LogP contribution in [0.25, 0.3) is 0 Å². The fourth-order valence-electron chi connectivity index (χ4n) is 3.27. The summed E-state index contributed by atoms with van der Waals surface area (Å²) in [5, 5.41) is 3.34. The van der Waals surface area contributed by atoms with Crippen LogP contribution < -0.4 is 5.32 Å². The van der Waals surface area contributed by atoms with E-state index in [1.54, 1.807) is 0 Å². The number of fused-ring (bicyclic) bond motifs is 1. The van der Waals surface area contributed by atoms with E-state index in [1.165, 1.54) is 4.90 Å². The maximum absolute atomic E-state index is 13.8. The lowest BCUT2D eigenvalue weighted by Crippen LogP contribution is -2.47. The van der Waals surface area contributed by atoms with Crippen molar-refractivity contribution in [2.45, 2.75) is 25.1 Å². The van der Waals surface area contributed by atoms with E-state index in [9.17, 15) is 22.4 Å². The van der Waals surface area contributed by atoms with E-state index >= 15 is 0 Å². The van der Waals surface area contributed by atoms with Crippen LogP contribution in [0.1, 0.15) is 28.8 Å². The van der Waals surface area contributed by atoms with Crippen molar-refractivity contribution in [3.8, 4) is 0 Å². The smallest absolute Gasteiger partial charge is 0.338 e. The summed E-state index contributed by atoms with van der Waals surface area (Å²) >= 11 is 0. The highest BCUT2D eigenvalue weighted by atomic mass is 35.5. The first-order valence-electron chi connectivity index (χ1n) is 7.25. The number of carbonyl (C=O) groups excluding carboxylic acids is 1. The van der Waals surface area contributed by atoms with Gasteiger partial charge in [-0.15, -0.1) is 12.4 Å². The van der Waals surface area contributed by atoms with E-state index in [1.807, 2.05) is 0 Å². The van der Waals surface area contributed by atoms with Crippen molar-refractivity contribution in [1.82, 2.24) is 10.2 Å². The monoisotopic (exact) mass is 352 g/mol. The third-order valence-corrected chi connectivity index (χ3v) is 4.47. The summed E-state index contributed by atoms with van der Waals surface area (Å²) in [6.45, 7) is 1.78. The molecule has 0 radical (unpaired) electrons. The molecule has 3 rings (SSSR count). The molecular formula is C15H17ClF4N2O. The molecule has 8 heteroatoms. The summed E-state index contributed by atoms with van der Waals surface area (Å²) in [4.78, 5) is 13.9. The molecule has 2 fully saturated rings. The number of alkyl halides is 3. The van der Waals surface area contributed by atoms with Crippen molar-refractivity contribution < 1.29 is 22.4 Å². The number of likely N-dealkylation sites (tertiary alicyclic amines) is 1. The second-order valence-electron chi connectivity index (χ2n) is 5.84. The lowest BCUT2D eigenvalue weighted by molar-refractivity contribution is -0.137. The zero-order chi connectivity index (χ0) is 15.9. The molecule has 128 valence electrons. The quantitative estimate of drug-likeness (QED) is 0.788. The number of nitrogens with one attached hydrogen (secondary N) is 1. The van der Waals surface area contributed by atoms with Gasteiger partial charge in [-0.05, 0) is 43.5 Å². The Balaban J connectivity index is 0.00000192. The van der Waals surface area contributed by atoms with E-state index in [0.29, 0.717) is 43.2 Å². The van der Waals surface area contributed by atoms with Gasteiger partial charge in [0.25, 0.3) is 5.91 Å². The number of hydrogen-bond donors (Lipinski definition) is 1. The van der Waals surface area contributed by atoms with Crippen LogP contribution in [0.2, 0.25) is 0 Å². The van der Waals surface area contributed by atoms with Gasteiger partial charge in [-0.2, -0.15) is 13.2 Å². The minimum Gasteiger partial charge on any atom is -0.338 e. The van der Waals surface area contributed by atoms with Gasteiger partial charge in [-0.3, -0.25) is 4.79 Å². The molecule has 0 spiro atoms. The molecule has 0 aliphatic carbocycles. The van der Waals surface area contributed by atoms with Crippen molar-refractivity contribution in [2.75, 3.05) is 19.6 Å². The van der Waals surface area contributed by atoms with Gasteiger partial charge in [0.2, 0.25) is 0 Å². The van der Waals surface area contributed by atoms with Gasteiger partial charge in [0.05, 0.1) is 11.1 Å². The van der Waals surface area contributed by atoms with Gasteiger partial charge in [-0.25, -0.2) is 4.39 Å². The van der Waals surface area contributed by atoms with E-state index < -0.39 is 29.0 Å². The van der Waals surface area contributed by atoms with Crippen LogP contribution in [-0.4, -0.2) is 36.5 Å². The van der Waals surface area contributed by atoms with Crippen molar-refractivity contribution in [3.63, 3.8) is 0 Å². The van der Waals surface area contributed by atoms with Crippen molar-refractivity contribution in [3.05, 3.63) is 35.1 Å². The first-order chi connectivity index (χ1) is 10.4. The van der Waals surface area contributed by atoms with Crippen LogP contribution in [0.4, 0.5) is 17.6 Å². The molecule has 2 heterocycles. The number of benzene rings is 1. The molecule has 23 heavy (non-hydrogen) atoms. The second kappa shape index (κ2) is 6.65. The number of amides is 1. The minimum absolute atomic E-state index is 0. The Labute approximate surface area is 137 Å². The molecule has 2 atom stereocenters. The summed E-state index contributed by atoms with van der Waals surface area (Å²) in [5.41, 5.74) is -1.51. The Morgan fingerprint density at radius 3 is 2.70 bits per heavy atom. The molecule has 1 N–H and O–H groups in total. The average Bonchev–Trinajstić information content (AvgIpc) is 2.93. The van der Waals surface area contributed by atoms with E-state index in [4.69, 9.17) is 0 Å². The Morgan fingerprint density at radius 1 is 1.26 bits per heavy atom. The van der Waals surface area contributed by atoms with Crippen LogP contribution in [0.5, 0.6) is 0 Å². The lowest BCUT2D eigenvalue weighted by Gasteiger charge is -2.35.